The quantitative estimate of drug-likeness (QED) is 0.612. The van der Waals surface area contributed by atoms with Gasteiger partial charge in [-0.25, -0.2) is 4.98 Å². The number of nitrogens with two attached hydrogens (primary N) is 1. The molecule has 0 radical (unpaired) electrons. The van der Waals surface area contributed by atoms with E-state index in [1.54, 1.807) is 0 Å². The lowest BCUT2D eigenvalue weighted by molar-refractivity contribution is 0.306. The molecule has 0 amide bonds. The van der Waals surface area contributed by atoms with E-state index in [4.69, 9.17) is 10.5 Å². The Kier molecular flexibility index (Phi) is 6.29. The fraction of sp³-hybridized carbons (Fsp3) is 0.250. The van der Waals surface area contributed by atoms with Crippen LogP contribution in [0, 0.1) is 11.3 Å². The van der Waals surface area contributed by atoms with E-state index < -0.39 is 0 Å². The van der Waals surface area contributed by atoms with E-state index >= 15 is 0 Å². The molecule has 1 aromatic heterocycles. The Hall–Kier alpha value is -3.32. The van der Waals surface area contributed by atoms with Crippen molar-refractivity contribution in [2.75, 3.05) is 5.73 Å². The molecular formula is C24H25N3O. The summed E-state index contributed by atoms with van der Waals surface area (Å²) in [6.07, 6.45) is 2.61. The Morgan fingerprint density at radius 2 is 1.86 bits per heavy atom. The van der Waals surface area contributed by atoms with Crippen LogP contribution >= 0.6 is 0 Å². The number of hydrogen-bond donors (Lipinski definition) is 1. The summed E-state index contributed by atoms with van der Waals surface area (Å²) in [5, 5.41) is 9.72. The first-order valence-electron chi connectivity index (χ1n) is 9.66. The van der Waals surface area contributed by atoms with Crippen molar-refractivity contribution in [1.82, 2.24) is 4.98 Å². The third-order valence-electron chi connectivity index (χ3n) is 4.73. The zero-order valence-corrected chi connectivity index (χ0v) is 16.4. The van der Waals surface area contributed by atoms with E-state index in [2.05, 4.69) is 24.9 Å². The van der Waals surface area contributed by atoms with Crippen molar-refractivity contribution in [3.8, 4) is 22.9 Å². The maximum atomic E-state index is 9.72. The Morgan fingerprint density at radius 3 is 2.54 bits per heavy atom. The summed E-state index contributed by atoms with van der Waals surface area (Å²) in [4.78, 5) is 4.51. The van der Waals surface area contributed by atoms with Gasteiger partial charge < -0.3 is 10.5 Å². The smallest absolute Gasteiger partial charge is 0.142 e. The van der Waals surface area contributed by atoms with Gasteiger partial charge in [-0.1, -0.05) is 62.7 Å². The minimum atomic E-state index is 0.300. The van der Waals surface area contributed by atoms with Crippen LogP contribution in [0.4, 0.5) is 5.82 Å². The van der Waals surface area contributed by atoms with Gasteiger partial charge in [0.1, 0.15) is 29.8 Å². The first-order chi connectivity index (χ1) is 13.7. The van der Waals surface area contributed by atoms with Crippen molar-refractivity contribution in [2.24, 2.45) is 0 Å². The molecule has 0 aliphatic rings. The monoisotopic (exact) mass is 371 g/mol. The van der Waals surface area contributed by atoms with Crippen LogP contribution in [0.25, 0.3) is 11.1 Å². The fourth-order valence-electron chi connectivity index (χ4n) is 3.43. The molecule has 3 rings (SSSR count). The zero-order chi connectivity index (χ0) is 19.9. The molecule has 0 saturated heterocycles. The molecular weight excluding hydrogens is 346 g/mol. The zero-order valence-electron chi connectivity index (χ0n) is 16.4. The molecule has 0 bridgehead atoms. The number of anilines is 1. The summed E-state index contributed by atoms with van der Waals surface area (Å²) >= 11 is 0. The highest BCUT2D eigenvalue weighted by Crippen LogP contribution is 2.34. The highest BCUT2D eigenvalue weighted by Gasteiger charge is 2.19. The van der Waals surface area contributed by atoms with Crippen molar-refractivity contribution in [3.63, 3.8) is 0 Å². The molecule has 0 atom stereocenters. The van der Waals surface area contributed by atoms with Crippen LogP contribution in [0.5, 0.6) is 5.75 Å². The third-order valence-corrected chi connectivity index (χ3v) is 4.73. The van der Waals surface area contributed by atoms with E-state index in [1.165, 1.54) is 0 Å². The van der Waals surface area contributed by atoms with Gasteiger partial charge in [0, 0.05) is 11.3 Å². The molecule has 2 aromatic carbocycles. The van der Waals surface area contributed by atoms with Gasteiger partial charge in [-0.05, 0) is 41.7 Å². The van der Waals surface area contributed by atoms with Gasteiger partial charge in [0.05, 0.1) is 0 Å². The number of nitriles is 1. The number of nitrogens with zero attached hydrogens (tertiary/aromatic N) is 2. The van der Waals surface area contributed by atoms with Crippen molar-refractivity contribution in [2.45, 2.75) is 39.7 Å². The number of benzene rings is 2. The fourth-order valence-corrected chi connectivity index (χ4v) is 3.43. The summed E-state index contributed by atoms with van der Waals surface area (Å²) in [7, 11) is 0. The molecule has 1 heterocycles. The van der Waals surface area contributed by atoms with Crippen molar-refractivity contribution in [1.29, 1.82) is 5.26 Å². The normalized spacial score (nSPS) is 10.5. The van der Waals surface area contributed by atoms with Crippen LogP contribution in [0.3, 0.4) is 0 Å². The molecule has 142 valence electrons. The lowest BCUT2D eigenvalue weighted by Gasteiger charge is -2.17. The van der Waals surface area contributed by atoms with Gasteiger partial charge in [0.15, 0.2) is 0 Å². The summed E-state index contributed by atoms with van der Waals surface area (Å²) in [5.74, 6) is 1.06. The first kappa shape index (κ1) is 19.4. The Bertz CT molecular complexity index is 991. The van der Waals surface area contributed by atoms with Crippen LogP contribution in [-0.4, -0.2) is 4.98 Å². The summed E-state index contributed by atoms with van der Waals surface area (Å²) in [6.45, 7) is 4.70. The van der Waals surface area contributed by atoms with E-state index in [9.17, 15) is 5.26 Å². The molecule has 2 N–H and O–H groups in total. The molecule has 28 heavy (non-hydrogen) atoms. The lowest BCUT2D eigenvalue weighted by atomic mass is 9.91. The standard InChI is InChI=1S/C24H25N3O/c1-3-9-22-20(4-2)23(21(15-25)24(26)27-22)18-12-8-13-19(14-18)28-16-17-10-6-5-7-11-17/h5-8,10-14H,3-4,9,16H2,1-2H3,(H2,26,27). The van der Waals surface area contributed by atoms with Crippen LogP contribution in [0.1, 0.15) is 42.7 Å². The highest BCUT2D eigenvalue weighted by molar-refractivity contribution is 5.79. The van der Waals surface area contributed by atoms with E-state index in [0.717, 1.165) is 53.0 Å². The second-order valence-corrected chi connectivity index (χ2v) is 6.69. The lowest BCUT2D eigenvalue weighted by Crippen LogP contribution is -2.07. The maximum absolute atomic E-state index is 9.72. The van der Waals surface area contributed by atoms with Gasteiger partial charge in [-0.15, -0.1) is 0 Å². The van der Waals surface area contributed by atoms with E-state index in [-0.39, 0.29) is 0 Å². The van der Waals surface area contributed by atoms with Gasteiger partial charge in [0.25, 0.3) is 0 Å². The molecule has 0 saturated carbocycles. The number of ether oxygens (including phenoxy) is 1. The second kappa shape index (κ2) is 9.05. The molecule has 4 nitrogen and oxygen atoms in total. The van der Waals surface area contributed by atoms with Crippen LogP contribution in [0.15, 0.2) is 54.6 Å². The molecule has 0 aliphatic carbocycles. The van der Waals surface area contributed by atoms with Crippen LogP contribution < -0.4 is 10.5 Å². The molecule has 0 spiro atoms. The van der Waals surface area contributed by atoms with E-state index in [1.807, 2.05) is 54.6 Å². The topological polar surface area (TPSA) is 71.9 Å². The summed E-state index contributed by atoms with van der Waals surface area (Å²) in [6, 6.07) is 20.2. The Labute approximate surface area is 166 Å². The highest BCUT2D eigenvalue weighted by atomic mass is 16.5. The molecule has 0 aliphatic heterocycles. The maximum Gasteiger partial charge on any atom is 0.142 e. The van der Waals surface area contributed by atoms with Crippen LogP contribution in [0.2, 0.25) is 0 Å². The van der Waals surface area contributed by atoms with E-state index in [0.29, 0.717) is 18.0 Å². The minimum Gasteiger partial charge on any atom is -0.489 e. The molecule has 0 unspecified atom stereocenters. The number of aryl methyl sites for hydroxylation is 1. The summed E-state index contributed by atoms with van der Waals surface area (Å²) in [5.41, 5.74) is 11.6. The molecule has 0 fully saturated rings. The number of hydrogen-bond acceptors (Lipinski definition) is 4. The Morgan fingerprint density at radius 1 is 1.07 bits per heavy atom. The molecule has 3 aromatic rings. The van der Waals surface area contributed by atoms with Gasteiger partial charge in [-0.2, -0.15) is 5.26 Å². The van der Waals surface area contributed by atoms with Crippen molar-refractivity contribution < 1.29 is 4.74 Å². The number of aromatic nitrogens is 1. The molecule has 4 heteroatoms. The second-order valence-electron chi connectivity index (χ2n) is 6.69. The average molecular weight is 371 g/mol. The van der Waals surface area contributed by atoms with Crippen LogP contribution in [-0.2, 0) is 19.4 Å². The predicted octanol–water partition coefficient (Wildman–Crippen LogP) is 5.30. The van der Waals surface area contributed by atoms with Gasteiger partial charge in [-0.3, -0.25) is 0 Å². The number of pyridine rings is 1. The first-order valence-corrected chi connectivity index (χ1v) is 9.66. The number of rotatable bonds is 7. The third kappa shape index (κ3) is 4.15. The number of nitrogen functional groups attached to an aromatic ring is 1. The SMILES string of the molecule is CCCc1nc(N)c(C#N)c(-c2cccc(OCc3ccccc3)c2)c1CC. The largest absolute Gasteiger partial charge is 0.489 e. The van der Waals surface area contributed by atoms with Crippen molar-refractivity contribution in [3.05, 3.63) is 77.0 Å². The Balaban J connectivity index is 2.02. The predicted molar refractivity (Wildman–Crippen MR) is 113 cm³/mol. The summed E-state index contributed by atoms with van der Waals surface area (Å²) < 4.78 is 5.98. The van der Waals surface area contributed by atoms with Crippen molar-refractivity contribution >= 4 is 5.82 Å². The minimum absolute atomic E-state index is 0.300. The van der Waals surface area contributed by atoms with Gasteiger partial charge in [0.2, 0.25) is 0 Å². The van der Waals surface area contributed by atoms with Gasteiger partial charge >= 0.3 is 0 Å². The average Bonchev–Trinajstić information content (AvgIpc) is 2.73.